The maximum absolute atomic E-state index is 13.2. The number of carbonyl (C=O) groups excluding carboxylic acids is 1. The van der Waals surface area contributed by atoms with Crippen molar-refractivity contribution in [2.45, 2.75) is 13.8 Å². The van der Waals surface area contributed by atoms with E-state index in [9.17, 15) is 10.1 Å². The fourth-order valence-electron chi connectivity index (χ4n) is 3.95. The Morgan fingerprint density at radius 1 is 1.09 bits per heavy atom. The highest BCUT2D eigenvalue weighted by molar-refractivity contribution is 6.10. The number of hydrogen-bond donors (Lipinski definition) is 2. The van der Waals surface area contributed by atoms with E-state index >= 15 is 0 Å². The molecule has 0 radical (unpaired) electrons. The normalized spacial score (nSPS) is 10.9. The monoisotopic (exact) mass is 434 g/mol. The Balaban J connectivity index is 1.64. The van der Waals surface area contributed by atoms with Gasteiger partial charge in [-0.1, -0.05) is 30.3 Å². The van der Waals surface area contributed by atoms with Crippen LogP contribution in [0.15, 0.2) is 69.7 Å². The van der Waals surface area contributed by atoms with Gasteiger partial charge in [-0.2, -0.15) is 5.26 Å². The molecule has 0 fully saturated rings. The molecule has 0 saturated heterocycles. The molecule has 33 heavy (non-hydrogen) atoms. The predicted octanol–water partition coefficient (Wildman–Crippen LogP) is 5.46. The molecule has 1 amide bonds. The molecule has 7 heteroatoms. The van der Waals surface area contributed by atoms with Crippen LogP contribution in [0, 0.1) is 30.6 Å². The van der Waals surface area contributed by atoms with Gasteiger partial charge in [0.1, 0.15) is 28.5 Å². The number of nitriles is 1. The number of aromatic nitrogens is 1. The minimum absolute atomic E-state index is 0.0438. The Kier molecular flexibility index (Phi) is 4.76. The highest BCUT2D eigenvalue weighted by atomic mass is 16.3. The van der Waals surface area contributed by atoms with Crippen LogP contribution in [0.4, 0.5) is 5.82 Å². The van der Waals surface area contributed by atoms with Crippen molar-refractivity contribution in [3.05, 3.63) is 88.8 Å². The van der Waals surface area contributed by atoms with Gasteiger partial charge in [0, 0.05) is 16.6 Å². The fraction of sp³-hybridized carbons (Fsp3) is 0.0769. The minimum Gasteiger partial charge on any atom is -0.464 e. The molecule has 0 saturated carbocycles. The summed E-state index contributed by atoms with van der Waals surface area (Å²) >= 11 is 0. The molecule has 0 atom stereocenters. The molecule has 0 bridgehead atoms. The van der Waals surface area contributed by atoms with Gasteiger partial charge in [-0.25, -0.2) is 4.98 Å². The number of pyridine rings is 1. The molecule has 5 aromatic rings. The predicted molar refractivity (Wildman–Crippen MR) is 124 cm³/mol. The van der Waals surface area contributed by atoms with Crippen LogP contribution in [0.2, 0.25) is 0 Å². The van der Waals surface area contributed by atoms with Gasteiger partial charge in [-0.15, -0.1) is 0 Å². The number of rotatable bonds is 3. The summed E-state index contributed by atoms with van der Waals surface area (Å²) in [5, 5.41) is 23.5. The van der Waals surface area contributed by atoms with E-state index < -0.39 is 5.91 Å². The molecule has 0 aliphatic carbocycles. The molecule has 0 aliphatic rings. The molecule has 3 aromatic heterocycles. The quantitative estimate of drug-likeness (QED) is 0.366. The molecule has 2 N–H and O–H groups in total. The van der Waals surface area contributed by atoms with Gasteiger partial charge in [0.2, 0.25) is 5.55 Å². The van der Waals surface area contributed by atoms with E-state index in [2.05, 4.69) is 16.4 Å². The summed E-state index contributed by atoms with van der Waals surface area (Å²) in [4.78, 5) is 17.6. The van der Waals surface area contributed by atoms with Gasteiger partial charge in [0.25, 0.3) is 5.91 Å². The Labute approximate surface area is 188 Å². The third kappa shape index (κ3) is 3.34. The van der Waals surface area contributed by atoms with Gasteiger partial charge in [0.15, 0.2) is 5.82 Å². The Morgan fingerprint density at radius 3 is 2.67 bits per heavy atom. The highest BCUT2D eigenvalue weighted by Crippen LogP contribution is 2.33. The summed E-state index contributed by atoms with van der Waals surface area (Å²) in [7, 11) is 0. The maximum atomic E-state index is 13.2. The van der Waals surface area contributed by atoms with Crippen LogP contribution in [0.3, 0.4) is 0 Å². The molecule has 3 heterocycles. The fourth-order valence-corrected chi connectivity index (χ4v) is 3.95. The number of benzene rings is 2. The van der Waals surface area contributed by atoms with E-state index in [1.54, 1.807) is 31.2 Å². The first-order valence-electron chi connectivity index (χ1n) is 10.2. The van der Waals surface area contributed by atoms with E-state index in [4.69, 9.17) is 14.2 Å². The second-order valence-corrected chi connectivity index (χ2v) is 7.65. The first-order chi connectivity index (χ1) is 16.0. The highest BCUT2D eigenvalue weighted by Gasteiger charge is 2.22. The van der Waals surface area contributed by atoms with Crippen LogP contribution in [-0.2, 0) is 0 Å². The first-order valence-corrected chi connectivity index (χ1v) is 10.2. The number of nitrogens with one attached hydrogen (secondary N) is 2. The van der Waals surface area contributed by atoms with E-state index in [1.807, 2.05) is 37.3 Å². The van der Waals surface area contributed by atoms with E-state index in [0.717, 1.165) is 21.7 Å². The SMILES string of the molecule is Cc1nc(NC(=O)c2cc3c(ccc4ccccc43)oc2=N)c(C#N)c(-c2ccco2)c1C. The van der Waals surface area contributed by atoms with Gasteiger partial charge >= 0.3 is 0 Å². The zero-order chi connectivity index (χ0) is 23.1. The Morgan fingerprint density at radius 2 is 1.91 bits per heavy atom. The average molecular weight is 434 g/mol. The second kappa shape index (κ2) is 7.77. The largest absolute Gasteiger partial charge is 0.464 e. The van der Waals surface area contributed by atoms with Crippen LogP contribution >= 0.6 is 0 Å². The number of anilines is 1. The minimum atomic E-state index is -0.587. The van der Waals surface area contributed by atoms with E-state index in [0.29, 0.717) is 22.6 Å². The van der Waals surface area contributed by atoms with Gasteiger partial charge in [-0.05, 0) is 54.4 Å². The van der Waals surface area contributed by atoms with Crippen molar-refractivity contribution in [3.63, 3.8) is 0 Å². The third-order valence-electron chi connectivity index (χ3n) is 5.72. The second-order valence-electron chi connectivity index (χ2n) is 7.65. The number of aryl methyl sites for hydroxylation is 1. The van der Waals surface area contributed by atoms with Crippen LogP contribution in [0.1, 0.15) is 27.2 Å². The van der Waals surface area contributed by atoms with Crippen molar-refractivity contribution in [2.75, 3.05) is 5.32 Å². The van der Waals surface area contributed by atoms with Crippen molar-refractivity contribution >= 4 is 33.5 Å². The van der Waals surface area contributed by atoms with Gasteiger partial charge < -0.3 is 14.2 Å². The molecular formula is C26H18N4O3. The number of fused-ring (bicyclic) bond motifs is 3. The molecule has 0 unspecified atom stereocenters. The van der Waals surface area contributed by atoms with Crippen LogP contribution in [-0.4, -0.2) is 10.9 Å². The van der Waals surface area contributed by atoms with Crippen LogP contribution in [0.25, 0.3) is 33.1 Å². The lowest BCUT2D eigenvalue weighted by atomic mass is 9.99. The van der Waals surface area contributed by atoms with E-state index in [1.165, 1.54) is 6.26 Å². The molecule has 0 aliphatic heterocycles. The Bertz CT molecular complexity index is 1660. The zero-order valence-electron chi connectivity index (χ0n) is 17.9. The third-order valence-corrected chi connectivity index (χ3v) is 5.72. The maximum Gasteiger partial charge on any atom is 0.262 e. The number of hydrogen-bond acceptors (Lipinski definition) is 6. The molecule has 160 valence electrons. The summed E-state index contributed by atoms with van der Waals surface area (Å²) in [6, 6.07) is 18.7. The number of furan rings is 1. The van der Waals surface area contributed by atoms with Crippen molar-refractivity contribution in [1.82, 2.24) is 4.98 Å². The molecule has 7 nitrogen and oxygen atoms in total. The zero-order valence-corrected chi connectivity index (χ0v) is 17.9. The first kappa shape index (κ1) is 20.2. The summed E-state index contributed by atoms with van der Waals surface area (Å²) in [5.74, 6) is 0.0315. The summed E-state index contributed by atoms with van der Waals surface area (Å²) in [5.41, 5.74) is 2.48. The molecule has 0 spiro atoms. The summed E-state index contributed by atoms with van der Waals surface area (Å²) in [6.45, 7) is 3.65. The van der Waals surface area contributed by atoms with Gasteiger partial charge in [-0.3, -0.25) is 10.2 Å². The lowest BCUT2D eigenvalue weighted by Crippen LogP contribution is -2.22. The number of nitrogens with zero attached hydrogens (tertiary/aromatic N) is 2. The standard InChI is InChI=1S/C26H18N4O3/c1-14-15(2)29-25(20(13-27)23(14)22-8-5-11-32-22)30-26(31)19-12-18-17-7-4-3-6-16(17)9-10-21(18)33-24(19)28/h3-12,28H,1-2H3,(H,29,30,31). The van der Waals surface area contributed by atoms with Crippen molar-refractivity contribution < 1.29 is 13.6 Å². The topological polar surface area (TPSA) is 116 Å². The Hall–Kier alpha value is -4.70. The van der Waals surface area contributed by atoms with Crippen molar-refractivity contribution in [1.29, 1.82) is 10.7 Å². The van der Waals surface area contributed by atoms with Crippen LogP contribution in [0.5, 0.6) is 0 Å². The molecule has 5 rings (SSSR count). The van der Waals surface area contributed by atoms with Crippen molar-refractivity contribution in [3.8, 4) is 17.4 Å². The van der Waals surface area contributed by atoms with E-state index in [-0.39, 0.29) is 22.5 Å². The molecular weight excluding hydrogens is 416 g/mol. The molecule has 2 aromatic carbocycles. The van der Waals surface area contributed by atoms with Gasteiger partial charge in [0.05, 0.1) is 6.26 Å². The summed E-state index contributed by atoms with van der Waals surface area (Å²) < 4.78 is 11.2. The van der Waals surface area contributed by atoms with Crippen molar-refractivity contribution in [2.24, 2.45) is 0 Å². The average Bonchev–Trinajstić information content (AvgIpc) is 3.34. The number of carbonyl (C=O) groups is 1. The lowest BCUT2D eigenvalue weighted by Gasteiger charge is -2.14. The lowest BCUT2D eigenvalue weighted by molar-refractivity contribution is 0.102. The summed E-state index contributed by atoms with van der Waals surface area (Å²) in [6.07, 6.45) is 1.53. The van der Waals surface area contributed by atoms with Crippen LogP contribution < -0.4 is 10.9 Å². The number of amides is 1. The smallest absolute Gasteiger partial charge is 0.262 e.